The van der Waals surface area contributed by atoms with Crippen molar-refractivity contribution in [2.75, 3.05) is 11.9 Å². The van der Waals surface area contributed by atoms with Crippen molar-refractivity contribution < 1.29 is 4.79 Å². The second-order valence-corrected chi connectivity index (χ2v) is 4.19. The Kier molecular flexibility index (Phi) is 4.51. The molecule has 92 valence electrons. The Bertz CT molecular complexity index is 409. The number of nitrogens with one attached hydrogen (secondary N) is 1. The molecule has 5 nitrogen and oxygen atoms in total. The summed E-state index contributed by atoms with van der Waals surface area (Å²) in [5.74, 6) is 0.385. The molecule has 0 bridgehead atoms. The maximum Gasteiger partial charge on any atom is 0.248 e. The molecule has 0 atom stereocenters. The summed E-state index contributed by atoms with van der Waals surface area (Å²) in [6.07, 6.45) is 0. The third-order valence-corrected chi connectivity index (χ3v) is 2.07. The fourth-order valence-electron chi connectivity index (χ4n) is 1.19. The van der Waals surface area contributed by atoms with Gasteiger partial charge in [-0.25, -0.2) is 0 Å². The number of guanidine groups is 1. The van der Waals surface area contributed by atoms with Gasteiger partial charge in [0.1, 0.15) is 0 Å². The van der Waals surface area contributed by atoms with E-state index in [9.17, 15) is 4.79 Å². The van der Waals surface area contributed by atoms with Crippen molar-refractivity contribution >= 4 is 17.6 Å². The number of primary amides is 1. The minimum absolute atomic E-state index is 0.366. The molecule has 0 aliphatic heterocycles. The van der Waals surface area contributed by atoms with Crippen LogP contribution in [0.5, 0.6) is 0 Å². The van der Waals surface area contributed by atoms with E-state index in [1.165, 1.54) is 0 Å². The molecule has 0 spiro atoms. The number of nitrogens with two attached hydrogens (primary N) is 2. The molecule has 0 unspecified atom stereocenters. The van der Waals surface area contributed by atoms with E-state index in [-0.39, 0.29) is 0 Å². The summed E-state index contributed by atoms with van der Waals surface area (Å²) in [5.41, 5.74) is 12.1. The normalized spacial score (nSPS) is 11.6. The molecule has 0 aliphatic rings. The minimum atomic E-state index is -0.446. The van der Waals surface area contributed by atoms with Gasteiger partial charge in [-0.05, 0) is 30.2 Å². The maximum absolute atomic E-state index is 10.9. The minimum Gasteiger partial charge on any atom is -0.370 e. The number of anilines is 1. The standard InChI is InChI=1S/C12H18N4O/c1-8(2)7-15-12(14)16-10-5-3-9(4-6-10)11(13)17/h3-6,8H,7H2,1-2H3,(H2,13,17)(H3,14,15,16). The number of benzene rings is 1. The number of carbonyl (C=O) groups is 1. The summed E-state index contributed by atoms with van der Waals surface area (Å²) >= 11 is 0. The third kappa shape index (κ3) is 4.55. The SMILES string of the molecule is CC(C)CN=C(N)Nc1ccc(C(N)=O)cc1. The predicted molar refractivity (Wildman–Crippen MR) is 69.9 cm³/mol. The molecular formula is C12H18N4O. The van der Waals surface area contributed by atoms with Crippen LogP contribution in [0.3, 0.4) is 0 Å². The molecule has 0 heterocycles. The number of hydrogen-bond donors (Lipinski definition) is 3. The van der Waals surface area contributed by atoms with Gasteiger partial charge in [0.2, 0.25) is 5.91 Å². The number of carbonyl (C=O) groups excluding carboxylic acids is 1. The molecule has 0 radical (unpaired) electrons. The molecule has 1 amide bonds. The number of amides is 1. The molecule has 0 saturated carbocycles. The molecule has 17 heavy (non-hydrogen) atoms. The molecule has 1 aromatic carbocycles. The van der Waals surface area contributed by atoms with Gasteiger partial charge < -0.3 is 16.8 Å². The molecular weight excluding hydrogens is 216 g/mol. The van der Waals surface area contributed by atoms with Crippen LogP contribution in [0.25, 0.3) is 0 Å². The molecule has 0 saturated heterocycles. The lowest BCUT2D eigenvalue weighted by Crippen LogP contribution is -2.23. The smallest absolute Gasteiger partial charge is 0.248 e. The predicted octanol–water partition coefficient (Wildman–Crippen LogP) is 1.17. The zero-order chi connectivity index (χ0) is 12.8. The Morgan fingerprint density at radius 2 is 1.88 bits per heavy atom. The van der Waals surface area contributed by atoms with Crippen LogP contribution in [0.1, 0.15) is 24.2 Å². The summed E-state index contributed by atoms with van der Waals surface area (Å²) in [6, 6.07) is 6.75. The van der Waals surface area contributed by atoms with Crippen LogP contribution >= 0.6 is 0 Å². The number of hydrogen-bond acceptors (Lipinski definition) is 2. The summed E-state index contributed by atoms with van der Waals surface area (Å²) in [7, 11) is 0. The lowest BCUT2D eigenvalue weighted by Gasteiger charge is -2.06. The fraction of sp³-hybridized carbons (Fsp3) is 0.333. The molecule has 0 fully saturated rings. The van der Waals surface area contributed by atoms with Crippen LogP contribution in [0.2, 0.25) is 0 Å². The Morgan fingerprint density at radius 1 is 1.29 bits per heavy atom. The first-order valence-electron chi connectivity index (χ1n) is 5.46. The first-order chi connectivity index (χ1) is 7.99. The Labute approximate surface area is 101 Å². The number of rotatable bonds is 4. The van der Waals surface area contributed by atoms with Crippen LogP contribution in [-0.4, -0.2) is 18.4 Å². The summed E-state index contributed by atoms with van der Waals surface area (Å²) in [6.45, 7) is 4.81. The largest absolute Gasteiger partial charge is 0.370 e. The highest BCUT2D eigenvalue weighted by Gasteiger charge is 2.00. The van der Waals surface area contributed by atoms with Crippen LogP contribution < -0.4 is 16.8 Å². The van der Waals surface area contributed by atoms with Crippen molar-refractivity contribution in [2.45, 2.75) is 13.8 Å². The van der Waals surface area contributed by atoms with E-state index in [4.69, 9.17) is 11.5 Å². The second-order valence-electron chi connectivity index (χ2n) is 4.19. The molecule has 0 aliphatic carbocycles. The lowest BCUT2D eigenvalue weighted by molar-refractivity contribution is 0.100. The highest BCUT2D eigenvalue weighted by molar-refractivity contribution is 5.95. The van der Waals surface area contributed by atoms with Gasteiger partial charge >= 0.3 is 0 Å². The van der Waals surface area contributed by atoms with Gasteiger partial charge in [-0.15, -0.1) is 0 Å². The fourth-order valence-corrected chi connectivity index (χ4v) is 1.19. The van der Waals surface area contributed by atoms with Crippen LogP contribution in [0.15, 0.2) is 29.3 Å². The zero-order valence-electron chi connectivity index (χ0n) is 10.1. The quantitative estimate of drug-likeness (QED) is 0.539. The molecule has 1 rings (SSSR count). The van der Waals surface area contributed by atoms with Crippen molar-refractivity contribution in [3.63, 3.8) is 0 Å². The van der Waals surface area contributed by atoms with Gasteiger partial charge in [-0.1, -0.05) is 13.8 Å². The number of aliphatic imine (C=N–C) groups is 1. The van der Waals surface area contributed by atoms with Crippen molar-refractivity contribution in [3.05, 3.63) is 29.8 Å². The average Bonchev–Trinajstić information content (AvgIpc) is 2.27. The van der Waals surface area contributed by atoms with Gasteiger partial charge in [0.25, 0.3) is 0 Å². The van der Waals surface area contributed by atoms with E-state index in [0.29, 0.717) is 24.0 Å². The van der Waals surface area contributed by atoms with Crippen molar-refractivity contribution in [1.29, 1.82) is 0 Å². The highest BCUT2D eigenvalue weighted by Crippen LogP contribution is 2.08. The Balaban J connectivity index is 2.63. The van der Waals surface area contributed by atoms with Crippen molar-refractivity contribution in [2.24, 2.45) is 22.4 Å². The van der Waals surface area contributed by atoms with Crippen molar-refractivity contribution in [3.8, 4) is 0 Å². The monoisotopic (exact) mass is 234 g/mol. The lowest BCUT2D eigenvalue weighted by atomic mass is 10.2. The molecule has 5 N–H and O–H groups in total. The summed E-state index contributed by atoms with van der Waals surface area (Å²) in [5, 5.41) is 2.94. The van der Waals surface area contributed by atoms with E-state index < -0.39 is 5.91 Å². The molecule has 1 aromatic rings. The molecule has 5 heteroatoms. The van der Waals surface area contributed by atoms with E-state index in [1.807, 2.05) is 0 Å². The summed E-state index contributed by atoms with van der Waals surface area (Å²) < 4.78 is 0. The van der Waals surface area contributed by atoms with Crippen molar-refractivity contribution in [1.82, 2.24) is 0 Å². The molecule has 0 aromatic heterocycles. The maximum atomic E-state index is 10.9. The zero-order valence-corrected chi connectivity index (χ0v) is 10.1. The Hall–Kier alpha value is -2.04. The van der Waals surface area contributed by atoms with Gasteiger partial charge in [0.05, 0.1) is 0 Å². The average molecular weight is 234 g/mol. The number of nitrogens with zero attached hydrogens (tertiary/aromatic N) is 1. The summed E-state index contributed by atoms with van der Waals surface area (Å²) in [4.78, 5) is 15.0. The van der Waals surface area contributed by atoms with Crippen LogP contribution in [-0.2, 0) is 0 Å². The van der Waals surface area contributed by atoms with E-state index in [1.54, 1.807) is 24.3 Å². The van der Waals surface area contributed by atoms with E-state index in [0.717, 1.165) is 5.69 Å². The Morgan fingerprint density at radius 3 is 2.35 bits per heavy atom. The van der Waals surface area contributed by atoms with Gasteiger partial charge in [-0.2, -0.15) is 0 Å². The van der Waals surface area contributed by atoms with E-state index >= 15 is 0 Å². The van der Waals surface area contributed by atoms with Crippen LogP contribution in [0, 0.1) is 5.92 Å². The topological polar surface area (TPSA) is 93.5 Å². The van der Waals surface area contributed by atoms with Gasteiger partial charge in [0, 0.05) is 17.8 Å². The van der Waals surface area contributed by atoms with Crippen LogP contribution in [0.4, 0.5) is 5.69 Å². The second kappa shape index (κ2) is 5.89. The highest BCUT2D eigenvalue weighted by atomic mass is 16.1. The van der Waals surface area contributed by atoms with E-state index in [2.05, 4.69) is 24.2 Å². The third-order valence-electron chi connectivity index (χ3n) is 2.07. The van der Waals surface area contributed by atoms with Gasteiger partial charge in [0.15, 0.2) is 5.96 Å². The first kappa shape index (κ1) is 13.0. The van der Waals surface area contributed by atoms with Gasteiger partial charge in [-0.3, -0.25) is 9.79 Å². The first-order valence-corrected chi connectivity index (χ1v) is 5.46.